The zero-order chi connectivity index (χ0) is 10.7. The first kappa shape index (κ1) is 10.8. The number of nitrogens with zero attached hydrogens (tertiary/aromatic N) is 1. The summed E-state index contributed by atoms with van der Waals surface area (Å²) in [4.78, 5) is 25.6. The quantitative estimate of drug-likeness (QED) is 0.786. The Hall–Kier alpha value is -1.32. The summed E-state index contributed by atoms with van der Waals surface area (Å²) in [5.74, 6) is 0.224. The van der Waals surface area contributed by atoms with Gasteiger partial charge >= 0.3 is 5.69 Å². The van der Waals surface area contributed by atoms with E-state index in [1.807, 2.05) is 13.8 Å². The van der Waals surface area contributed by atoms with Crippen LogP contribution in [-0.4, -0.2) is 9.55 Å². The van der Waals surface area contributed by atoms with Crippen molar-refractivity contribution in [1.29, 1.82) is 0 Å². The van der Waals surface area contributed by atoms with E-state index < -0.39 is 0 Å². The van der Waals surface area contributed by atoms with Crippen LogP contribution >= 0.6 is 0 Å². The minimum absolute atomic E-state index is 0.216. The lowest BCUT2D eigenvalue weighted by molar-refractivity contribution is 0.633. The average molecular weight is 196 g/mol. The van der Waals surface area contributed by atoms with Crippen molar-refractivity contribution in [2.45, 2.75) is 39.7 Å². The van der Waals surface area contributed by atoms with Crippen molar-refractivity contribution in [3.8, 4) is 0 Å². The first-order valence-corrected chi connectivity index (χ1v) is 4.94. The number of H-pyrrole nitrogens is 1. The van der Waals surface area contributed by atoms with Crippen molar-refractivity contribution in [3.05, 3.63) is 32.6 Å². The normalized spacial score (nSPS) is 12.8. The Balaban J connectivity index is 3.28. The van der Waals surface area contributed by atoms with Crippen LogP contribution in [0.15, 0.2) is 15.7 Å². The maximum Gasteiger partial charge on any atom is 0.328 e. The first-order valence-electron chi connectivity index (χ1n) is 4.94. The van der Waals surface area contributed by atoms with Gasteiger partial charge in [-0.15, -0.1) is 0 Å². The fraction of sp³-hybridized carbons (Fsp3) is 0.600. The molecule has 0 unspecified atom stereocenters. The molecular formula is C10H16N2O2. The Morgan fingerprint density at radius 2 is 2.07 bits per heavy atom. The molecule has 1 aromatic heterocycles. The number of rotatable bonds is 3. The van der Waals surface area contributed by atoms with E-state index in [2.05, 4.69) is 4.98 Å². The summed E-state index contributed by atoms with van der Waals surface area (Å²) < 4.78 is 1.19. The molecule has 78 valence electrons. The van der Waals surface area contributed by atoms with Gasteiger partial charge in [-0.2, -0.15) is 0 Å². The second-order valence-electron chi connectivity index (χ2n) is 3.42. The first-order chi connectivity index (χ1) is 6.60. The van der Waals surface area contributed by atoms with Gasteiger partial charge < -0.3 is 4.98 Å². The van der Waals surface area contributed by atoms with Gasteiger partial charge in [0.2, 0.25) is 0 Å². The predicted octanol–water partition coefficient (Wildman–Crippen LogP) is 1.07. The third kappa shape index (κ3) is 1.95. The fourth-order valence-corrected chi connectivity index (χ4v) is 1.32. The summed E-state index contributed by atoms with van der Waals surface area (Å²) in [6, 6.07) is 1.51. The van der Waals surface area contributed by atoms with Crippen LogP contribution in [0.3, 0.4) is 0 Å². The number of hydrogen-bond acceptors (Lipinski definition) is 2. The number of nitrogens with one attached hydrogen (secondary N) is 1. The van der Waals surface area contributed by atoms with Crippen LogP contribution < -0.4 is 11.2 Å². The van der Waals surface area contributed by atoms with Gasteiger partial charge in [0.25, 0.3) is 5.56 Å². The van der Waals surface area contributed by atoms with Crippen molar-refractivity contribution in [3.63, 3.8) is 0 Å². The Labute approximate surface area is 82.6 Å². The summed E-state index contributed by atoms with van der Waals surface area (Å²) >= 11 is 0. The van der Waals surface area contributed by atoms with E-state index in [4.69, 9.17) is 0 Å². The topological polar surface area (TPSA) is 54.9 Å². The molecule has 0 bridgehead atoms. The molecule has 0 amide bonds. The molecule has 0 aromatic carbocycles. The summed E-state index contributed by atoms with van der Waals surface area (Å²) in [6.45, 7) is 6.20. The molecule has 0 saturated carbocycles. The average Bonchev–Trinajstić information content (AvgIpc) is 2.16. The Kier molecular flexibility index (Phi) is 3.28. The van der Waals surface area contributed by atoms with Crippen LogP contribution in [-0.2, 0) is 6.54 Å². The second kappa shape index (κ2) is 4.26. The van der Waals surface area contributed by atoms with Gasteiger partial charge in [-0.1, -0.05) is 13.8 Å². The van der Waals surface area contributed by atoms with Crippen LogP contribution in [0.2, 0.25) is 0 Å². The molecule has 0 fully saturated rings. The zero-order valence-corrected chi connectivity index (χ0v) is 8.83. The van der Waals surface area contributed by atoms with E-state index in [-0.39, 0.29) is 17.2 Å². The van der Waals surface area contributed by atoms with E-state index in [1.165, 1.54) is 10.6 Å². The van der Waals surface area contributed by atoms with Crippen molar-refractivity contribution in [2.75, 3.05) is 0 Å². The standard InChI is InChI=1S/C10H16N2O2/c1-4-7(3)8-6-9(13)12(5-2)10(14)11-8/h6-7H,4-5H2,1-3H3,(H,11,14)/t7-/m0/s1. The maximum atomic E-state index is 11.5. The third-order valence-corrected chi connectivity index (χ3v) is 2.50. The van der Waals surface area contributed by atoms with Gasteiger partial charge in [0.05, 0.1) is 0 Å². The van der Waals surface area contributed by atoms with Crippen LogP contribution in [0, 0.1) is 0 Å². The highest BCUT2D eigenvalue weighted by atomic mass is 16.2. The summed E-state index contributed by atoms with van der Waals surface area (Å²) in [5.41, 5.74) is 0.203. The second-order valence-corrected chi connectivity index (χ2v) is 3.42. The van der Waals surface area contributed by atoms with E-state index >= 15 is 0 Å². The molecule has 1 atom stereocenters. The highest BCUT2D eigenvalue weighted by molar-refractivity contribution is 5.05. The molecule has 0 radical (unpaired) electrons. The van der Waals surface area contributed by atoms with Crippen molar-refractivity contribution in [2.24, 2.45) is 0 Å². The molecule has 1 heterocycles. The molecule has 0 aliphatic carbocycles. The molecule has 0 aliphatic rings. The number of hydrogen-bond donors (Lipinski definition) is 1. The van der Waals surface area contributed by atoms with Gasteiger partial charge in [-0.25, -0.2) is 4.79 Å². The number of aromatic amines is 1. The molecule has 1 rings (SSSR count). The lowest BCUT2D eigenvalue weighted by Crippen LogP contribution is -2.35. The number of aromatic nitrogens is 2. The zero-order valence-electron chi connectivity index (χ0n) is 8.83. The van der Waals surface area contributed by atoms with E-state index in [0.29, 0.717) is 6.54 Å². The van der Waals surface area contributed by atoms with Gasteiger partial charge in [0.1, 0.15) is 0 Å². The van der Waals surface area contributed by atoms with Gasteiger partial charge in [0, 0.05) is 18.3 Å². The summed E-state index contributed by atoms with van der Waals surface area (Å²) in [7, 11) is 0. The smallest absolute Gasteiger partial charge is 0.311 e. The van der Waals surface area contributed by atoms with Crippen LogP contribution in [0.25, 0.3) is 0 Å². The lowest BCUT2D eigenvalue weighted by Gasteiger charge is -2.09. The van der Waals surface area contributed by atoms with Crippen LogP contribution in [0.1, 0.15) is 38.8 Å². The highest BCUT2D eigenvalue weighted by Crippen LogP contribution is 2.12. The third-order valence-electron chi connectivity index (χ3n) is 2.50. The predicted molar refractivity (Wildman–Crippen MR) is 55.7 cm³/mol. The Morgan fingerprint density at radius 1 is 1.43 bits per heavy atom. The Bertz CT molecular complexity index is 386. The van der Waals surface area contributed by atoms with E-state index in [9.17, 15) is 9.59 Å². The lowest BCUT2D eigenvalue weighted by atomic mass is 10.1. The van der Waals surface area contributed by atoms with Gasteiger partial charge in [-0.05, 0) is 19.3 Å². The maximum absolute atomic E-state index is 11.5. The SMILES string of the molecule is CC[C@H](C)c1cc(=O)n(CC)c(=O)[nH]1. The molecule has 4 heteroatoms. The van der Waals surface area contributed by atoms with Crippen molar-refractivity contribution in [1.82, 2.24) is 9.55 Å². The van der Waals surface area contributed by atoms with E-state index in [0.717, 1.165) is 12.1 Å². The van der Waals surface area contributed by atoms with Crippen LogP contribution in [0.4, 0.5) is 0 Å². The Morgan fingerprint density at radius 3 is 2.50 bits per heavy atom. The van der Waals surface area contributed by atoms with E-state index in [1.54, 1.807) is 6.92 Å². The molecule has 1 aromatic rings. The van der Waals surface area contributed by atoms with Crippen molar-refractivity contribution < 1.29 is 0 Å². The molecule has 1 N–H and O–H groups in total. The molecular weight excluding hydrogens is 180 g/mol. The van der Waals surface area contributed by atoms with Crippen LogP contribution in [0.5, 0.6) is 0 Å². The largest absolute Gasteiger partial charge is 0.328 e. The highest BCUT2D eigenvalue weighted by Gasteiger charge is 2.07. The van der Waals surface area contributed by atoms with Gasteiger partial charge in [-0.3, -0.25) is 9.36 Å². The molecule has 0 spiro atoms. The molecule has 0 aliphatic heterocycles. The van der Waals surface area contributed by atoms with Crippen molar-refractivity contribution >= 4 is 0 Å². The summed E-state index contributed by atoms with van der Waals surface area (Å²) in [5, 5.41) is 0. The minimum Gasteiger partial charge on any atom is -0.311 e. The molecule has 14 heavy (non-hydrogen) atoms. The van der Waals surface area contributed by atoms with Gasteiger partial charge in [0.15, 0.2) is 0 Å². The molecule has 4 nitrogen and oxygen atoms in total. The summed E-state index contributed by atoms with van der Waals surface area (Å²) in [6.07, 6.45) is 0.908. The minimum atomic E-state index is -0.310. The fourth-order valence-electron chi connectivity index (χ4n) is 1.32. The monoisotopic (exact) mass is 196 g/mol. The molecule has 0 saturated heterocycles.